The Balaban J connectivity index is 1.74. The Bertz CT molecular complexity index is 1260. The summed E-state index contributed by atoms with van der Waals surface area (Å²) in [5.41, 5.74) is 5.97. The fourth-order valence-electron chi connectivity index (χ4n) is 3.27. The molecule has 0 aliphatic carbocycles. The minimum absolute atomic E-state index is 0.942. The van der Waals surface area contributed by atoms with Crippen LogP contribution in [0.5, 0.6) is 0 Å². The van der Waals surface area contributed by atoms with Crippen molar-refractivity contribution in [1.82, 2.24) is 15.0 Å². The lowest BCUT2D eigenvalue weighted by Gasteiger charge is -2.07. The SMILES string of the molecule is Cc1ccc2cc(-c3ccc4ccc5cccnc5c4n3)ccc2n1. The summed E-state index contributed by atoms with van der Waals surface area (Å²) in [4.78, 5) is 14.0. The van der Waals surface area contributed by atoms with Gasteiger partial charge in [-0.3, -0.25) is 9.97 Å². The maximum atomic E-state index is 4.92. The number of hydrogen-bond acceptors (Lipinski definition) is 3. The maximum absolute atomic E-state index is 4.92. The van der Waals surface area contributed by atoms with Crippen LogP contribution < -0.4 is 0 Å². The van der Waals surface area contributed by atoms with Crippen LogP contribution in [-0.2, 0) is 0 Å². The Morgan fingerprint density at radius 1 is 0.680 bits per heavy atom. The first-order valence-electron chi connectivity index (χ1n) is 8.30. The summed E-state index contributed by atoms with van der Waals surface area (Å²) < 4.78 is 0. The summed E-state index contributed by atoms with van der Waals surface area (Å²) in [6.07, 6.45) is 1.82. The van der Waals surface area contributed by atoms with Gasteiger partial charge in [0, 0.05) is 33.6 Å². The second-order valence-electron chi connectivity index (χ2n) is 6.27. The lowest BCUT2D eigenvalue weighted by Crippen LogP contribution is -1.89. The fraction of sp³-hybridized carbons (Fsp3) is 0.0455. The van der Waals surface area contributed by atoms with Crippen LogP contribution in [0.2, 0.25) is 0 Å². The standard InChI is InChI=1S/C22H15N3/c1-14-4-5-17-13-18(9-11-19(17)24-14)20-10-8-16-7-6-15-3-2-12-23-21(15)22(16)25-20/h2-13H,1H3. The molecule has 2 aromatic carbocycles. The van der Waals surface area contributed by atoms with Gasteiger partial charge in [0.1, 0.15) is 0 Å². The Labute approximate surface area is 145 Å². The van der Waals surface area contributed by atoms with Crippen LogP contribution in [0.1, 0.15) is 5.69 Å². The summed E-state index contributed by atoms with van der Waals surface area (Å²) in [7, 11) is 0. The molecule has 5 aromatic rings. The summed E-state index contributed by atoms with van der Waals surface area (Å²) in [6, 6.07) is 22.8. The zero-order valence-electron chi connectivity index (χ0n) is 13.8. The number of nitrogens with zero attached hydrogens (tertiary/aromatic N) is 3. The third kappa shape index (κ3) is 2.32. The van der Waals surface area contributed by atoms with Crippen LogP contribution in [0.25, 0.3) is 44.0 Å². The van der Waals surface area contributed by atoms with Gasteiger partial charge < -0.3 is 0 Å². The summed E-state index contributed by atoms with van der Waals surface area (Å²) in [5, 5.41) is 3.34. The largest absolute Gasteiger partial charge is 0.254 e. The van der Waals surface area contributed by atoms with Crippen molar-refractivity contribution in [3.05, 3.63) is 78.6 Å². The quantitative estimate of drug-likeness (QED) is 0.393. The van der Waals surface area contributed by atoms with E-state index in [0.717, 1.165) is 49.7 Å². The second kappa shape index (κ2) is 5.35. The van der Waals surface area contributed by atoms with Crippen molar-refractivity contribution >= 4 is 32.7 Å². The van der Waals surface area contributed by atoms with Crippen molar-refractivity contribution in [2.45, 2.75) is 6.92 Å². The molecule has 0 fully saturated rings. The van der Waals surface area contributed by atoms with E-state index in [1.54, 1.807) is 0 Å². The predicted octanol–water partition coefficient (Wildman–Crippen LogP) is 5.31. The van der Waals surface area contributed by atoms with Crippen LogP contribution in [0.4, 0.5) is 0 Å². The first kappa shape index (κ1) is 14.1. The van der Waals surface area contributed by atoms with E-state index in [0.29, 0.717) is 0 Å². The molecule has 3 heterocycles. The number of hydrogen-bond donors (Lipinski definition) is 0. The van der Waals surface area contributed by atoms with Crippen LogP contribution in [0.15, 0.2) is 72.9 Å². The van der Waals surface area contributed by atoms with Crippen LogP contribution in [-0.4, -0.2) is 15.0 Å². The lowest BCUT2D eigenvalue weighted by atomic mass is 10.1. The molecule has 0 saturated heterocycles. The predicted molar refractivity (Wildman–Crippen MR) is 103 cm³/mol. The molecular formula is C22H15N3. The number of pyridine rings is 3. The molecule has 0 aliphatic heterocycles. The molecule has 3 heteroatoms. The zero-order chi connectivity index (χ0) is 16.8. The van der Waals surface area contributed by atoms with E-state index in [-0.39, 0.29) is 0 Å². The molecule has 0 radical (unpaired) electrons. The lowest BCUT2D eigenvalue weighted by molar-refractivity contribution is 1.25. The Hall–Kier alpha value is -3.33. The summed E-state index contributed by atoms with van der Waals surface area (Å²) in [5.74, 6) is 0. The van der Waals surface area contributed by atoms with Crippen LogP contribution in [0.3, 0.4) is 0 Å². The van der Waals surface area contributed by atoms with Crippen molar-refractivity contribution in [2.24, 2.45) is 0 Å². The van der Waals surface area contributed by atoms with E-state index in [1.165, 1.54) is 0 Å². The molecule has 0 amide bonds. The minimum Gasteiger partial charge on any atom is -0.254 e. The number of rotatable bonds is 1. The van der Waals surface area contributed by atoms with E-state index in [4.69, 9.17) is 4.98 Å². The van der Waals surface area contributed by atoms with Crippen molar-refractivity contribution < 1.29 is 0 Å². The van der Waals surface area contributed by atoms with E-state index in [1.807, 2.05) is 25.3 Å². The van der Waals surface area contributed by atoms with Gasteiger partial charge in [-0.25, -0.2) is 4.98 Å². The van der Waals surface area contributed by atoms with E-state index < -0.39 is 0 Å². The van der Waals surface area contributed by atoms with Crippen LogP contribution in [0, 0.1) is 6.92 Å². The highest BCUT2D eigenvalue weighted by molar-refractivity contribution is 6.03. The van der Waals surface area contributed by atoms with Gasteiger partial charge in [-0.05, 0) is 37.3 Å². The fourth-order valence-corrected chi connectivity index (χ4v) is 3.27. The van der Waals surface area contributed by atoms with Crippen molar-refractivity contribution in [2.75, 3.05) is 0 Å². The van der Waals surface area contributed by atoms with E-state index in [2.05, 4.69) is 64.6 Å². The monoisotopic (exact) mass is 321 g/mol. The molecule has 0 N–H and O–H groups in total. The molecule has 3 aromatic heterocycles. The third-order valence-electron chi connectivity index (χ3n) is 4.56. The second-order valence-corrected chi connectivity index (χ2v) is 6.27. The first-order valence-corrected chi connectivity index (χ1v) is 8.30. The Morgan fingerprint density at radius 2 is 1.48 bits per heavy atom. The Kier molecular flexibility index (Phi) is 3.01. The summed E-state index contributed by atoms with van der Waals surface area (Å²) in [6.45, 7) is 2.01. The molecule has 118 valence electrons. The molecule has 0 unspecified atom stereocenters. The number of aryl methyl sites for hydroxylation is 1. The van der Waals surface area contributed by atoms with Crippen LogP contribution >= 0.6 is 0 Å². The molecule has 3 nitrogen and oxygen atoms in total. The molecule has 0 saturated carbocycles. The molecule has 0 spiro atoms. The van der Waals surface area contributed by atoms with Crippen molar-refractivity contribution in [3.63, 3.8) is 0 Å². The highest BCUT2D eigenvalue weighted by Gasteiger charge is 2.07. The highest BCUT2D eigenvalue weighted by atomic mass is 14.8. The molecule has 0 bridgehead atoms. The summed E-state index contributed by atoms with van der Waals surface area (Å²) >= 11 is 0. The zero-order valence-corrected chi connectivity index (χ0v) is 13.8. The average Bonchev–Trinajstić information content (AvgIpc) is 2.67. The number of benzene rings is 2. The average molecular weight is 321 g/mol. The molecule has 25 heavy (non-hydrogen) atoms. The van der Waals surface area contributed by atoms with Crippen molar-refractivity contribution in [1.29, 1.82) is 0 Å². The van der Waals surface area contributed by atoms with Crippen molar-refractivity contribution in [3.8, 4) is 11.3 Å². The van der Waals surface area contributed by atoms with Gasteiger partial charge in [0.15, 0.2) is 0 Å². The molecule has 0 aliphatic rings. The maximum Gasteiger partial charge on any atom is 0.0972 e. The third-order valence-corrected chi connectivity index (χ3v) is 4.56. The van der Waals surface area contributed by atoms with Gasteiger partial charge >= 0.3 is 0 Å². The minimum atomic E-state index is 0.942. The van der Waals surface area contributed by atoms with E-state index >= 15 is 0 Å². The smallest absolute Gasteiger partial charge is 0.0972 e. The highest BCUT2D eigenvalue weighted by Crippen LogP contribution is 2.27. The molecule has 0 atom stereocenters. The van der Waals surface area contributed by atoms with Gasteiger partial charge in [-0.2, -0.15) is 0 Å². The van der Waals surface area contributed by atoms with Gasteiger partial charge in [0.25, 0.3) is 0 Å². The normalized spacial score (nSPS) is 11.4. The topological polar surface area (TPSA) is 38.7 Å². The number of fused-ring (bicyclic) bond motifs is 4. The van der Waals surface area contributed by atoms with Gasteiger partial charge in [0.2, 0.25) is 0 Å². The first-order chi connectivity index (χ1) is 12.3. The molecule has 5 rings (SSSR count). The van der Waals surface area contributed by atoms with Gasteiger partial charge in [0.05, 0.1) is 22.2 Å². The number of aromatic nitrogens is 3. The van der Waals surface area contributed by atoms with Gasteiger partial charge in [-0.15, -0.1) is 0 Å². The van der Waals surface area contributed by atoms with Gasteiger partial charge in [-0.1, -0.05) is 36.4 Å². The van der Waals surface area contributed by atoms with E-state index in [9.17, 15) is 0 Å². The Morgan fingerprint density at radius 3 is 2.40 bits per heavy atom. The molecular weight excluding hydrogens is 306 g/mol.